The third kappa shape index (κ3) is 4.53. The fourth-order valence-corrected chi connectivity index (χ4v) is 4.89. The highest BCUT2D eigenvalue weighted by Gasteiger charge is 2.32. The van der Waals surface area contributed by atoms with Crippen molar-refractivity contribution >= 4 is 27.5 Å². The van der Waals surface area contributed by atoms with E-state index >= 15 is 0 Å². The van der Waals surface area contributed by atoms with Crippen LogP contribution in [0.1, 0.15) is 54.6 Å². The molecule has 0 spiro atoms. The Bertz CT molecular complexity index is 949. The molecule has 0 bridgehead atoms. The molecule has 30 heavy (non-hydrogen) atoms. The van der Waals surface area contributed by atoms with Gasteiger partial charge in [-0.1, -0.05) is 17.3 Å². The van der Waals surface area contributed by atoms with Crippen LogP contribution in [-0.2, 0) is 16.0 Å². The molecule has 160 valence electrons. The zero-order valence-electron chi connectivity index (χ0n) is 17.4. The van der Waals surface area contributed by atoms with E-state index in [-0.39, 0.29) is 11.9 Å². The van der Waals surface area contributed by atoms with Crippen molar-refractivity contribution < 1.29 is 14.3 Å². The van der Waals surface area contributed by atoms with Crippen LogP contribution in [0.5, 0.6) is 0 Å². The molecule has 0 radical (unpaired) electrons. The van der Waals surface area contributed by atoms with Crippen LogP contribution in [0.4, 0.5) is 0 Å². The van der Waals surface area contributed by atoms with Gasteiger partial charge >= 0.3 is 0 Å². The minimum absolute atomic E-state index is 0.0200. The second-order valence-corrected chi connectivity index (χ2v) is 8.26. The van der Waals surface area contributed by atoms with Crippen molar-refractivity contribution in [3.8, 4) is 0 Å². The number of hydrogen-bond acceptors (Lipinski definition) is 7. The van der Waals surface area contributed by atoms with Gasteiger partial charge in [0.15, 0.2) is 12.0 Å². The van der Waals surface area contributed by atoms with Crippen LogP contribution in [0.2, 0.25) is 0 Å². The highest BCUT2D eigenvalue weighted by molar-refractivity contribution is 7.18. The molecule has 2 aromatic heterocycles. The van der Waals surface area contributed by atoms with Crippen molar-refractivity contribution in [2.75, 3.05) is 19.8 Å². The standard InChI is InChI=1S/C21H27N5O3S/c1-3-28-19(29-4-2)14-25-13-16(23-24-25)21(27)26-12-8-7-10-17(26)20-22-15-9-5-6-11-18(15)30-20/h5-6,9,11,13,17,19H,3-4,7-8,10,12,14H2,1-2H3. The normalized spacial score (nSPS) is 17.2. The number of amides is 1. The van der Waals surface area contributed by atoms with E-state index in [1.807, 2.05) is 36.9 Å². The lowest BCUT2D eigenvalue weighted by Gasteiger charge is -2.33. The quantitative estimate of drug-likeness (QED) is 0.508. The molecule has 8 nitrogen and oxygen atoms in total. The van der Waals surface area contributed by atoms with E-state index in [1.54, 1.807) is 22.2 Å². The SMILES string of the molecule is CCOC(Cn1cc(C(=O)N2CCCCC2c2nc3ccccc3s2)nn1)OCC. The third-order valence-electron chi connectivity index (χ3n) is 5.16. The summed E-state index contributed by atoms with van der Waals surface area (Å²) in [7, 11) is 0. The molecule has 1 aliphatic rings. The molecule has 0 aliphatic carbocycles. The van der Waals surface area contributed by atoms with Crippen molar-refractivity contribution in [1.29, 1.82) is 0 Å². The fraction of sp³-hybridized carbons (Fsp3) is 0.524. The molecule has 1 saturated heterocycles. The summed E-state index contributed by atoms with van der Waals surface area (Å²) in [6.45, 7) is 6.02. The fourth-order valence-electron chi connectivity index (χ4n) is 3.77. The Morgan fingerprint density at radius 1 is 1.23 bits per heavy atom. The first kappa shape index (κ1) is 20.9. The monoisotopic (exact) mass is 429 g/mol. The van der Waals surface area contributed by atoms with Crippen molar-refractivity contribution in [2.24, 2.45) is 0 Å². The Balaban J connectivity index is 1.51. The topological polar surface area (TPSA) is 82.4 Å². The van der Waals surface area contributed by atoms with E-state index in [2.05, 4.69) is 16.4 Å². The molecule has 0 N–H and O–H groups in total. The van der Waals surface area contributed by atoms with Gasteiger partial charge in [0.1, 0.15) is 5.01 Å². The summed E-state index contributed by atoms with van der Waals surface area (Å²) < 4.78 is 13.9. The van der Waals surface area contributed by atoms with Crippen LogP contribution < -0.4 is 0 Å². The predicted molar refractivity (Wildman–Crippen MR) is 114 cm³/mol. The molecule has 1 aromatic carbocycles. The summed E-state index contributed by atoms with van der Waals surface area (Å²) in [6.07, 6.45) is 4.25. The second-order valence-electron chi connectivity index (χ2n) is 7.20. The second kappa shape index (κ2) is 9.63. The first-order chi connectivity index (χ1) is 14.7. The summed E-state index contributed by atoms with van der Waals surface area (Å²) in [4.78, 5) is 20.0. The average Bonchev–Trinajstić information content (AvgIpc) is 3.40. The zero-order chi connectivity index (χ0) is 20.9. The summed E-state index contributed by atoms with van der Waals surface area (Å²) in [6, 6.07) is 8.08. The Morgan fingerprint density at radius 2 is 2.03 bits per heavy atom. The van der Waals surface area contributed by atoms with Gasteiger partial charge in [0, 0.05) is 19.8 Å². The Morgan fingerprint density at radius 3 is 2.80 bits per heavy atom. The average molecular weight is 430 g/mol. The molecule has 3 heterocycles. The van der Waals surface area contributed by atoms with E-state index in [0.717, 1.165) is 34.5 Å². The van der Waals surface area contributed by atoms with Gasteiger partial charge in [0.25, 0.3) is 5.91 Å². The van der Waals surface area contributed by atoms with Gasteiger partial charge in [-0.25, -0.2) is 9.67 Å². The predicted octanol–water partition coefficient (Wildman–Crippen LogP) is 3.65. The molecule has 9 heteroatoms. The number of likely N-dealkylation sites (tertiary alicyclic amines) is 1. The van der Waals surface area contributed by atoms with Gasteiger partial charge in [-0.3, -0.25) is 4.79 Å². The van der Waals surface area contributed by atoms with E-state index in [1.165, 1.54) is 0 Å². The van der Waals surface area contributed by atoms with Crippen molar-refractivity contribution in [3.05, 3.63) is 41.2 Å². The zero-order valence-corrected chi connectivity index (χ0v) is 18.2. The van der Waals surface area contributed by atoms with Crippen molar-refractivity contribution in [3.63, 3.8) is 0 Å². The van der Waals surface area contributed by atoms with Gasteiger partial charge < -0.3 is 14.4 Å². The Labute approximate surface area is 179 Å². The van der Waals surface area contributed by atoms with Gasteiger partial charge in [-0.05, 0) is 45.2 Å². The number of rotatable bonds is 8. The number of carbonyl (C=O) groups is 1. The van der Waals surface area contributed by atoms with Crippen LogP contribution in [0.15, 0.2) is 30.5 Å². The lowest BCUT2D eigenvalue weighted by molar-refractivity contribution is -0.145. The largest absolute Gasteiger partial charge is 0.351 e. The third-order valence-corrected chi connectivity index (χ3v) is 6.30. The Kier molecular flexibility index (Phi) is 6.71. The van der Waals surface area contributed by atoms with Crippen molar-refractivity contribution in [2.45, 2.75) is 52.0 Å². The smallest absolute Gasteiger partial charge is 0.276 e. The molecule has 1 atom stereocenters. The minimum Gasteiger partial charge on any atom is -0.351 e. The molecular formula is C21H27N5O3S. The van der Waals surface area contributed by atoms with E-state index in [4.69, 9.17) is 14.5 Å². The van der Waals surface area contributed by atoms with Crippen LogP contribution in [0.3, 0.4) is 0 Å². The van der Waals surface area contributed by atoms with Gasteiger partial charge in [0.2, 0.25) is 0 Å². The van der Waals surface area contributed by atoms with E-state index in [9.17, 15) is 4.79 Å². The molecule has 0 saturated carbocycles. The minimum atomic E-state index is -0.407. The number of nitrogens with zero attached hydrogens (tertiary/aromatic N) is 5. The number of ether oxygens (including phenoxy) is 2. The molecule has 3 aromatic rings. The number of benzene rings is 1. The van der Waals surface area contributed by atoms with E-state index in [0.29, 0.717) is 32.0 Å². The van der Waals surface area contributed by atoms with Crippen LogP contribution >= 0.6 is 11.3 Å². The summed E-state index contributed by atoms with van der Waals surface area (Å²) in [5, 5.41) is 9.23. The number of carbonyl (C=O) groups excluding carboxylic acids is 1. The number of thiazole rings is 1. The van der Waals surface area contributed by atoms with Crippen LogP contribution in [0, 0.1) is 0 Å². The van der Waals surface area contributed by atoms with E-state index < -0.39 is 6.29 Å². The summed E-state index contributed by atoms with van der Waals surface area (Å²) in [5.41, 5.74) is 1.33. The molecule has 1 fully saturated rings. The first-order valence-corrected chi connectivity index (χ1v) is 11.3. The van der Waals surface area contributed by atoms with Crippen LogP contribution in [0.25, 0.3) is 10.2 Å². The number of hydrogen-bond donors (Lipinski definition) is 0. The maximum atomic E-state index is 13.3. The number of piperidine rings is 1. The maximum Gasteiger partial charge on any atom is 0.276 e. The number of fused-ring (bicyclic) bond motifs is 1. The molecular weight excluding hydrogens is 402 g/mol. The first-order valence-electron chi connectivity index (χ1n) is 10.5. The summed E-state index contributed by atoms with van der Waals surface area (Å²) >= 11 is 1.67. The van der Waals surface area contributed by atoms with Gasteiger partial charge in [0.05, 0.1) is 29.0 Å². The van der Waals surface area contributed by atoms with Crippen LogP contribution in [-0.4, -0.2) is 56.8 Å². The number of aromatic nitrogens is 4. The highest BCUT2D eigenvalue weighted by atomic mass is 32.1. The lowest BCUT2D eigenvalue weighted by Crippen LogP contribution is -2.38. The maximum absolute atomic E-state index is 13.3. The highest BCUT2D eigenvalue weighted by Crippen LogP contribution is 2.36. The van der Waals surface area contributed by atoms with Gasteiger partial charge in [-0.2, -0.15) is 0 Å². The number of para-hydroxylation sites is 1. The Hall–Kier alpha value is -2.36. The van der Waals surface area contributed by atoms with Gasteiger partial charge in [-0.15, -0.1) is 16.4 Å². The molecule has 1 aliphatic heterocycles. The molecule has 4 rings (SSSR count). The van der Waals surface area contributed by atoms with Crippen molar-refractivity contribution in [1.82, 2.24) is 24.9 Å². The summed E-state index contributed by atoms with van der Waals surface area (Å²) in [5.74, 6) is -0.102. The molecule has 1 unspecified atom stereocenters. The molecule has 1 amide bonds. The lowest BCUT2D eigenvalue weighted by atomic mass is 10.0.